The zero-order valence-corrected chi connectivity index (χ0v) is 76.7. The Kier molecular flexibility index (Phi) is 47.0. The fourth-order valence-corrected chi connectivity index (χ4v) is 26.4. The molecule has 14 heteroatoms. The summed E-state index contributed by atoms with van der Waals surface area (Å²) in [5.41, 5.74) is -1.28. The summed E-state index contributed by atoms with van der Waals surface area (Å²) in [5.74, 6) is 1.49. The Morgan fingerprint density at radius 2 is 0.771 bits per heavy atom. The molecule has 1 aliphatic heterocycles. The zero-order valence-electron chi connectivity index (χ0n) is 75.7. The van der Waals surface area contributed by atoms with Crippen LogP contribution in [0.4, 0.5) is 0 Å². The van der Waals surface area contributed by atoms with Gasteiger partial charge in [-0.15, -0.1) is 0 Å². The third kappa shape index (κ3) is 29.7. The third-order valence-electron chi connectivity index (χ3n) is 25.9. The molecule has 2 heterocycles. The molecule has 0 amide bonds. The van der Waals surface area contributed by atoms with E-state index in [-0.39, 0.29) is 28.6 Å². The molecule has 1 aromatic heterocycles. The van der Waals surface area contributed by atoms with Crippen molar-refractivity contribution in [3.63, 3.8) is 0 Å². The number of hydrogen-bond donors (Lipinski definition) is 2. The van der Waals surface area contributed by atoms with E-state index in [4.69, 9.17) is 28.4 Å². The lowest BCUT2D eigenvalue weighted by Gasteiger charge is -2.54. The predicted octanol–water partition coefficient (Wildman–Crippen LogP) is 27.1. The van der Waals surface area contributed by atoms with Crippen LogP contribution in [0, 0.1) is 6.92 Å². The van der Waals surface area contributed by atoms with Gasteiger partial charge in [-0.2, -0.15) is 4.57 Å². The van der Waals surface area contributed by atoms with E-state index in [1.54, 1.807) is 33.3 Å². The largest absolute Gasteiger partial charge is 0.497 e. The van der Waals surface area contributed by atoms with Gasteiger partial charge in [0.1, 0.15) is 38.0 Å². The van der Waals surface area contributed by atoms with E-state index < -0.39 is 54.3 Å². The van der Waals surface area contributed by atoms with Gasteiger partial charge in [0.05, 0.1) is 44.7 Å². The van der Waals surface area contributed by atoms with Gasteiger partial charge in [-0.05, 0) is 90.4 Å². The number of carbonyl (C=O) groups excluding carboxylic acids is 1. The van der Waals surface area contributed by atoms with Gasteiger partial charge in [-0.25, -0.2) is 4.79 Å². The van der Waals surface area contributed by atoms with Gasteiger partial charge in [0.2, 0.25) is 5.75 Å². The van der Waals surface area contributed by atoms with Gasteiger partial charge in [-0.3, -0.25) is 14.2 Å². The molecule has 4 atom stereocenters. The lowest BCUT2D eigenvalue weighted by atomic mass is 9.64. The van der Waals surface area contributed by atoms with E-state index in [1.165, 1.54) is 261 Å². The summed E-state index contributed by atoms with van der Waals surface area (Å²) in [6.07, 6.45) is 57.3. The van der Waals surface area contributed by atoms with E-state index in [0.29, 0.717) is 64.3 Å². The quantitative estimate of drug-likeness (QED) is 0.0213. The van der Waals surface area contributed by atoms with Gasteiger partial charge < -0.3 is 38.6 Å². The Morgan fingerprint density at radius 3 is 1.10 bits per heavy atom. The normalized spacial score (nSPS) is 15.3. The first kappa shape index (κ1) is 98.7. The van der Waals surface area contributed by atoms with E-state index >= 15 is 14.4 Å². The summed E-state index contributed by atoms with van der Waals surface area (Å²) in [7, 11) is -0.300. The van der Waals surface area contributed by atoms with Crippen LogP contribution < -0.4 is 40.1 Å². The minimum absolute atomic E-state index is 0.0361. The van der Waals surface area contributed by atoms with Crippen molar-refractivity contribution in [1.29, 1.82) is 0 Å². The van der Waals surface area contributed by atoms with Gasteiger partial charge in [0.25, 0.3) is 11.5 Å². The molecule has 0 saturated carbocycles. The van der Waals surface area contributed by atoms with E-state index in [2.05, 4.69) is 60.6 Å². The van der Waals surface area contributed by atoms with Crippen molar-refractivity contribution in [3.05, 3.63) is 176 Å². The number of aromatic nitrogens is 2. The molecule has 1 fully saturated rings. The second-order valence-electron chi connectivity index (χ2n) is 35.5. The average Bonchev–Trinajstić information content (AvgIpc) is 1.61. The Bertz CT molecular complexity index is 3650. The van der Waals surface area contributed by atoms with E-state index in [9.17, 15) is 10.2 Å². The molecule has 0 radical (unpaired) electrons. The van der Waals surface area contributed by atoms with Crippen LogP contribution in [-0.2, 0) is 10.2 Å². The van der Waals surface area contributed by atoms with Crippen LogP contribution in [-0.4, -0.2) is 84.8 Å². The van der Waals surface area contributed by atoms with Crippen molar-refractivity contribution in [2.45, 2.75) is 410 Å². The molecule has 2 N–H and O–H groups in total. The molecule has 118 heavy (non-hydrogen) atoms. The summed E-state index contributed by atoms with van der Waals surface area (Å²) in [4.78, 5) is 47.2. The Balaban J connectivity index is 1.22. The number of benzene rings is 5. The van der Waals surface area contributed by atoms with Crippen LogP contribution in [0.15, 0.2) is 137 Å². The summed E-state index contributed by atoms with van der Waals surface area (Å²) >= 11 is 0. The number of hydrogen-bond acceptors (Lipinski definition) is 11. The zero-order chi connectivity index (χ0) is 84.5. The average molecular weight is 1640 g/mol. The van der Waals surface area contributed by atoms with Crippen LogP contribution >= 0.6 is 0 Å². The molecule has 13 nitrogen and oxygen atoms in total. The van der Waals surface area contributed by atoms with E-state index in [0.717, 1.165) is 68.5 Å². The number of carbonyl (C=O) groups is 1. The maximum Gasteiger partial charge on any atom is 0.340 e. The molecular weight excluding hydrogens is 1480 g/mol. The molecular formula is C104H162N2O11Si. The van der Waals surface area contributed by atoms with Crippen LogP contribution in [0.25, 0.3) is 0 Å². The SMILES string of the molecule is CCCCCCCCCCCCCCCCCCOc1cc(C(=O)n2c(=O)c(C)cn([C@H]3C[C@@](O)([Si](c4ccccc4)(C(C)C)C(C)C)[C@@H](C(O)C(c4ccccc4)(c4ccc(OC)cc4)c4ccc(OC)cc4)O3)c2=O)cc(OCCCCCCCCCCCCCCCCCC)c1OCCCCCCCCCCCCCCCCCC. The number of aliphatic hydroxyl groups is 2. The van der Waals surface area contributed by atoms with Gasteiger partial charge in [0.15, 0.2) is 11.5 Å². The summed E-state index contributed by atoms with van der Waals surface area (Å²) in [5, 5.41) is 28.5. The minimum Gasteiger partial charge on any atom is -0.497 e. The van der Waals surface area contributed by atoms with Crippen molar-refractivity contribution in [3.8, 4) is 28.7 Å². The van der Waals surface area contributed by atoms with Crippen molar-refractivity contribution in [1.82, 2.24) is 9.13 Å². The number of aryl methyl sites for hydroxylation is 1. The minimum atomic E-state index is -3.54. The molecule has 1 aliphatic rings. The first-order valence-corrected chi connectivity index (χ1v) is 50.2. The molecule has 658 valence electrons. The Morgan fingerprint density at radius 1 is 0.458 bits per heavy atom. The van der Waals surface area contributed by atoms with Crippen LogP contribution in [0.2, 0.25) is 11.1 Å². The lowest BCUT2D eigenvalue weighted by Crippen LogP contribution is -2.75. The molecule has 6 aromatic rings. The number of methoxy groups -OCH3 is 2. The Hall–Kier alpha value is -6.45. The maximum absolute atomic E-state index is 16.1. The van der Waals surface area contributed by atoms with Gasteiger partial charge in [0, 0.05) is 23.7 Å². The molecule has 5 aromatic carbocycles. The third-order valence-corrected chi connectivity index (χ3v) is 32.8. The molecule has 0 aliphatic carbocycles. The fourth-order valence-electron chi connectivity index (χ4n) is 19.3. The monoisotopic (exact) mass is 1640 g/mol. The highest BCUT2D eigenvalue weighted by Crippen LogP contribution is 2.56. The number of nitrogens with zero attached hydrogens (tertiary/aromatic N) is 2. The summed E-state index contributed by atoms with van der Waals surface area (Å²) < 4.78 is 41.5. The topological polar surface area (TPSA) is 157 Å². The second kappa shape index (κ2) is 56.3. The number of unbranched alkanes of at least 4 members (excludes halogenated alkanes) is 45. The Labute approximate surface area is 716 Å². The van der Waals surface area contributed by atoms with Crippen LogP contribution in [0.3, 0.4) is 0 Å². The van der Waals surface area contributed by atoms with Crippen molar-refractivity contribution >= 4 is 19.2 Å². The smallest absolute Gasteiger partial charge is 0.340 e. The number of rotatable bonds is 67. The second-order valence-corrected chi connectivity index (χ2v) is 41.0. The summed E-state index contributed by atoms with van der Waals surface area (Å²) in [6, 6.07) is 38.5. The van der Waals surface area contributed by atoms with Crippen LogP contribution in [0.5, 0.6) is 28.7 Å². The highest BCUT2D eigenvalue weighted by atomic mass is 28.3. The van der Waals surface area contributed by atoms with Crippen molar-refractivity contribution in [2.24, 2.45) is 0 Å². The maximum atomic E-state index is 16.1. The number of ether oxygens (including phenoxy) is 6. The first-order valence-electron chi connectivity index (χ1n) is 48.0. The predicted molar refractivity (Wildman–Crippen MR) is 495 cm³/mol. The lowest BCUT2D eigenvalue weighted by molar-refractivity contribution is -0.110. The van der Waals surface area contributed by atoms with Gasteiger partial charge in [-0.1, -0.05) is 428 Å². The van der Waals surface area contributed by atoms with Crippen molar-refractivity contribution in [2.75, 3.05) is 34.0 Å². The first-order chi connectivity index (χ1) is 57.6. The number of aliphatic hydroxyl groups excluding tert-OH is 1. The summed E-state index contributed by atoms with van der Waals surface area (Å²) in [6.45, 7) is 18.2. The molecule has 0 spiro atoms. The fraction of sp³-hybridized carbons (Fsp3) is 0.663. The highest BCUT2D eigenvalue weighted by Gasteiger charge is 2.69. The molecule has 1 saturated heterocycles. The van der Waals surface area contributed by atoms with Gasteiger partial charge >= 0.3 is 5.69 Å². The van der Waals surface area contributed by atoms with Crippen LogP contribution in [0.1, 0.15) is 402 Å². The highest BCUT2D eigenvalue weighted by molar-refractivity contribution is 6.96. The molecule has 1 unspecified atom stereocenters. The molecule has 0 bridgehead atoms. The molecule has 7 rings (SSSR count). The van der Waals surface area contributed by atoms with Crippen molar-refractivity contribution < 1.29 is 43.4 Å². The van der Waals surface area contributed by atoms with E-state index in [1.807, 2.05) is 97.1 Å². The standard InChI is InChI=1S/C104H162N2O11Si/c1-11-14-17-20-23-26-29-32-35-38-41-44-47-50-53-62-77-114-94-80-87(81-95(115-78-63-54-51-48-45-42-39-36-33-30-27-24-21-18-15-12-2)97(94)116-79-64-55-52-49-46-43-40-37-34-31-28-25-22-19-16-13-3)101(109)106-100(108)86(8)83-105(102(106)110)96-82-103(111,118(84(4)5,85(6)7)93-67-60-57-61-68-93)99(117-96)98(107)104(88-65-58-56-59-66-88,89-69-73-91(112-9)74-70-89)90-71-75-92(113-10)76-72-90/h56-61,65-76,80-81,83-85,96,98-99,107,111H,11-55,62-64,77-79,82H2,1-10H3/t96-,98?,99-,103-/m1/s1.